The van der Waals surface area contributed by atoms with Gasteiger partial charge in [0.2, 0.25) is 0 Å². The van der Waals surface area contributed by atoms with Gasteiger partial charge in [-0.15, -0.1) is 5.10 Å². The van der Waals surface area contributed by atoms with E-state index in [0.29, 0.717) is 17.9 Å². The molecule has 0 amide bonds. The molecule has 0 aliphatic carbocycles. The molecule has 0 bridgehead atoms. The summed E-state index contributed by atoms with van der Waals surface area (Å²) in [5.74, 6) is 0.541. The fraction of sp³-hybridized carbons (Fsp3) is 0.583. The average molecular weight is 233 g/mol. The van der Waals surface area contributed by atoms with Crippen molar-refractivity contribution in [3.05, 3.63) is 16.8 Å². The number of nitrogens with zero attached hydrogens (tertiary/aromatic N) is 3. The van der Waals surface area contributed by atoms with Crippen molar-refractivity contribution in [3.63, 3.8) is 0 Å². The lowest BCUT2D eigenvalue weighted by Gasteiger charge is -2.15. The standard InChI is InChI=1S/C12H19N5/c1-4-9-10(7-14)12(15-8(3)6-13)17-16-11(9)5-2/h8H,4-6,13H2,1-3H3,(H,15,17). The molecule has 1 atom stereocenters. The predicted octanol–water partition coefficient (Wildman–Crippen LogP) is 1.23. The predicted molar refractivity (Wildman–Crippen MR) is 67.6 cm³/mol. The second-order valence-electron chi connectivity index (χ2n) is 3.95. The first-order chi connectivity index (χ1) is 8.17. The van der Waals surface area contributed by atoms with Crippen molar-refractivity contribution in [2.24, 2.45) is 5.73 Å². The fourth-order valence-corrected chi connectivity index (χ4v) is 1.69. The lowest BCUT2D eigenvalue weighted by Crippen LogP contribution is -2.26. The van der Waals surface area contributed by atoms with E-state index in [1.54, 1.807) is 0 Å². The number of aromatic nitrogens is 2. The van der Waals surface area contributed by atoms with Crippen LogP contribution in [0.5, 0.6) is 0 Å². The first-order valence-electron chi connectivity index (χ1n) is 5.92. The Bertz CT molecular complexity index is 422. The van der Waals surface area contributed by atoms with Gasteiger partial charge in [0.1, 0.15) is 11.6 Å². The normalized spacial score (nSPS) is 11.9. The summed E-state index contributed by atoms with van der Waals surface area (Å²) in [6.07, 6.45) is 1.57. The SMILES string of the molecule is CCc1nnc(NC(C)CN)c(C#N)c1CC. The number of nitrogens with two attached hydrogens (primary N) is 1. The van der Waals surface area contributed by atoms with Crippen LogP contribution in [-0.4, -0.2) is 22.8 Å². The number of anilines is 1. The van der Waals surface area contributed by atoms with Crippen molar-refractivity contribution in [2.75, 3.05) is 11.9 Å². The molecule has 5 heteroatoms. The quantitative estimate of drug-likeness (QED) is 0.798. The van der Waals surface area contributed by atoms with Crippen LogP contribution in [-0.2, 0) is 12.8 Å². The second kappa shape index (κ2) is 6.16. The van der Waals surface area contributed by atoms with Crippen molar-refractivity contribution in [1.82, 2.24) is 10.2 Å². The Morgan fingerprint density at radius 2 is 2.06 bits per heavy atom. The van der Waals surface area contributed by atoms with Gasteiger partial charge in [0.05, 0.1) is 5.69 Å². The number of aryl methyl sites for hydroxylation is 1. The number of hydrogen-bond acceptors (Lipinski definition) is 5. The summed E-state index contributed by atoms with van der Waals surface area (Å²) in [4.78, 5) is 0. The fourth-order valence-electron chi connectivity index (χ4n) is 1.69. The summed E-state index contributed by atoms with van der Waals surface area (Å²) < 4.78 is 0. The van der Waals surface area contributed by atoms with E-state index in [-0.39, 0.29) is 6.04 Å². The Balaban J connectivity index is 3.20. The minimum atomic E-state index is 0.0774. The topological polar surface area (TPSA) is 87.6 Å². The van der Waals surface area contributed by atoms with E-state index in [9.17, 15) is 5.26 Å². The van der Waals surface area contributed by atoms with Crippen LogP contribution in [0.4, 0.5) is 5.82 Å². The largest absolute Gasteiger partial charge is 0.364 e. The van der Waals surface area contributed by atoms with E-state index in [2.05, 4.69) is 21.6 Å². The van der Waals surface area contributed by atoms with E-state index in [1.807, 2.05) is 20.8 Å². The highest BCUT2D eigenvalue weighted by molar-refractivity contribution is 5.56. The summed E-state index contributed by atoms with van der Waals surface area (Å²) >= 11 is 0. The Hall–Kier alpha value is -1.67. The summed E-state index contributed by atoms with van der Waals surface area (Å²) in [5.41, 5.74) is 8.02. The summed E-state index contributed by atoms with van der Waals surface area (Å²) in [7, 11) is 0. The Kier molecular flexibility index (Phi) is 4.85. The molecule has 1 heterocycles. The smallest absolute Gasteiger partial charge is 0.167 e. The van der Waals surface area contributed by atoms with Gasteiger partial charge in [0, 0.05) is 12.6 Å². The Morgan fingerprint density at radius 1 is 1.35 bits per heavy atom. The number of hydrogen-bond donors (Lipinski definition) is 2. The third-order valence-corrected chi connectivity index (χ3v) is 2.69. The van der Waals surface area contributed by atoms with Gasteiger partial charge in [-0.2, -0.15) is 10.4 Å². The van der Waals surface area contributed by atoms with E-state index >= 15 is 0 Å². The molecule has 0 aromatic carbocycles. The van der Waals surface area contributed by atoms with Crippen LogP contribution in [0.2, 0.25) is 0 Å². The van der Waals surface area contributed by atoms with Crippen LogP contribution in [0.1, 0.15) is 37.6 Å². The lowest BCUT2D eigenvalue weighted by atomic mass is 10.0. The molecule has 3 N–H and O–H groups in total. The van der Waals surface area contributed by atoms with E-state index < -0.39 is 0 Å². The molecule has 0 fully saturated rings. The maximum atomic E-state index is 9.25. The van der Waals surface area contributed by atoms with Crippen LogP contribution in [0, 0.1) is 11.3 Å². The molecule has 1 unspecified atom stereocenters. The van der Waals surface area contributed by atoms with Gasteiger partial charge >= 0.3 is 0 Å². The molecule has 0 saturated heterocycles. The number of nitrogens with one attached hydrogen (secondary N) is 1. The molecule has 0 radical (unpaired) electrons. The first-order valence-corrected chi connectivity index (χ1v) is 5.92. The Morgan fingerprint density at radius 3 is 2.53 bits per heavy atom. The Labute approximate surface area is 102 Å². The number of nitriles is 1. The molecule has 0 saturated carbocycles. The van der Waals surface area contributed by atoms with Crippen molar-refractivity contribution in [1.29, 1.82) is 5.26 Å². The highest BCUT2D eigenvalue weighted by Gasteiger charge is 2.15. The number of rotatable bonds is 5. The molecule has 1 aromatic rings. The minimum absolute atomic E-state index is 0.0774. The van der Waals surface area contributed by atoms with Crippen LogP contribution in [0.15, 0.2) is 0 Å². The van der Waals surface area contributed by atoms with Gasteiger partial charge in [0.25, 0.3) is 0 Å². The summed E-state index contributed by atoms with van der Waals surface area (Å²) in [6, 6.07) is 2.29. The van der Waals surface area contributed by atoms with Crippen LogP contribution >= 0.6 is 0 Å². The van der Waals surface area contributed by atoms with Crippen LogP contribution in [0.3, 0.4) is 0 Å². The molecule has 1 aromatic heterocycles. The summed E-state index contributed by atoms with van der Waals surface area (Å²) in [6.45, 7) is 6.47. The molecule has 1 rings (SSSR count). The monoisotopic (exact) mass is 233 g/mol. The van der Waals surface area contributed by atoms with E-state index in [4.69, 9.17) is 5.73 Å². The lowest BCUT2D eigenvalue weighted by molar-refractivity contribution is 0.782. The van der Waals surface area contributed by atoms with E-state index in [1.165, 1.54) is 0 Å². The molecule has 5 nitrogen and oxygen atoms in total. The molecule has 0 aliphatic rings. The van der Waals surface area contributed by atoms with Crippen LogP contribution in [0.25, 0.3) is 0 Å². The van der Waals surface area contributed by atoms with Crippen molar-refractivity contribution < 1.29 is 0 Å². The molecular formula is C12H19N5. The first kappa shape index (κ1) is 13.4. The summed E-state index contributed by atoms with van der Waals surface area (Å²) in [5, 5.41) is 20.6. The van der Waals surface area contributed by atoms with Crippen LogP contribution < -0.4 is 11.1 Å². The highest BCUT2D eigenvalue weighted by atomic mass is 15.2. The third-order valence-electron chi connectivity index (χ3n) is 2.69. The maximum Gasteiger partial charge on any atom is 0.167 e. The van der Waals surface area contributed by atoms with E-state index in [0.717, 1.165) is 24.1 Å². The second-order valence-corrected chi connectivity index (χ2v) is 3.95. The highest BCUT2D eigenvalue weighted by Crippen LogP contribution is 2.20. The molecule has 0 aliphatic heterocycles. The molecule has 0 spiro atoms. The molecule has 17 heavy (non-hydrogen) atoms. The van der Waals surface area contributed by atoms with Gasteiger partial charge in [-0.3, -0.25) is 0 Å². The maximum absolute atomic E-state index is 9.25. The van der Waals surface area contributed by atoms with Crippen molar-refractivity contribution in [2.45, 2.75) is 39.7 Å². The average Bonchev–Trinajstić information content (AvgIpc) is 2.37. The van der Waals surface area contributed by atoms with Gasteiger partial charge in [-0.1, -0.05) is 13.8 Å². The zero-order valence-corrected chi connectivity index (χ0v) is 10.6. The minimum Gasteiger partial charge on any atom is -0.364 e. The van der Waals surface area contributed by atoms with Gasteiger partial charge < -0.3 is 11.1 Å². The van der Waals surface area contributed by atoms with Gasteiger partial charge in [-0.25, -0.2) is 0 Å². The van der Waals surface area contributed by atoms with Crippen molar-refractivity contribution >= 4 is 5.82 Å². The third kappa shape index (κ3) is 2.92. The zero-order valence-electron chi connectivity index (χ0n) is 10.6. The zero-order chi connectivity index (χ0) is 12.8. The molecule has 92 valence electrons. The van der Waals surface area contributed by atoms with Gasteiger partial charge in [-0.05, 0) is 25.3 Å². The molecular weight excluding hydrogens is 214 g/mol. The van der Waals surface area contributed by atoms with Crippen molar-refractivity contribution in [3.8, 4) is 6.07 Å². The van der Waals surface area contributed by atoms with Gasteiger partial charge in [0.15, 0.2) is 5.82 Å².